The number of hydrogen-bond donors (Lipinski definition) is 0. The van der Waals surface area contributed by atoms with Crippen LogP contribution in [0.2, 0.25) is 0 Å². The molecule has 0 spiro atoms. The van der Waals surface area contributed by atoms with Crippen molar-refractivity contribution in [2.24, 2.45) is 0 Å². The van der Waals surface area contributed by atoms with Crippen molar-refractivity contribution in [2.75, 3.05) is 25.4 Å². The SMILES string of the molecule is Cc1cccc(C)c1-n1c(SCC(=O)N2CCOC(C)C2)nc2ccccc2c1=O. The van der Waals surface area contributed by atoms with Crippen molar-refractivity contribution in [1.82, 2.24) is 14.5 Å². The molecule has 1 fully saturated rings. The van der Waals surface area contributed by atoms with E-state index in [1.165, 1.54) is 11.8 Å². The van der Waals surface area contributed by atoms with Gasteiger partial charge in [-0.25, -0.2) is 4.98 Å². The first-order chi connectivity index (χ1) is 14.5. The van der Waals surface area contributed by atoms with E-state index in [1.807, 2.05) is 62.1 Å². The Kier molecular flexibility index (Phi) is 5.92. The highest BCUT2D eigenvalue weighted by atomic mass is 32.2. The summed E-state index contributed by atoms with van der Waals surface area (Å²) in [6.07, 6.45) is 0.0410. The molecule has 1 amide bonds. The Morgan fingerprint density at radius 2 is 1.90 bits per heavy atom. The van der Waals surface area contributed by atoms with E-state index in [2.05, 4.69) is 0 Å². The van der Waals surface area contributed by atoms with Crippen LogP contribution in [0, 0.1) is 13.8 Å². The predicted octanol–water partition coefficient (Wildman–Crippen LogP) is 3.34. The topological polar surface area (TPSA) is 64.4 Å². The van der Waals surface area contributed by atoms with Gasteiger partial charge in [-0.05, 0) is 44.0 Å². The third-order valence-electron chi connectivity index (χ3n) is 5.33. The number of benzene rings is 2. The van der Waals surface area contributed by atoms with Crippen LogP contribution < -0.4 is 5.56 Å². The lowest BCUT2D eigenvalue weighted by molar-refractivity contribution is -0.135. The van der Waals surface area contributed by atoms with E-state index in [9.17, 15) is 9.59 Å². The molecule has 1 aromatic heterocycles. The molecular formula is C23H25N3O3S. The molecular weight excluding hydrogens is 398 g/mol. The minimum absolute atomic E-state index is 0.0330. The smallest absolute Gasteiger partial charge is 0.266 e. The van der Waals surface area contributed by atoms with Crippen molar-refractivity contribution < 1.29 is 9.53 Å². The van der Waals surface area contributed by atoms with E-state index in [0.29, 0.717) is 35.8 Å². The molecule has 1 aliphatic heterocycles. The summed E-state index contributed by atoms with van der Waals surface area (Å²) in [6.45, 7) is 7.68. The van der Waals surface area contributed by atoms with Gasteiger partial charge in [-0.3, -0.25) is 14.2 Å². The standard InChI is InChI=1S/C23H25N3O3S/c1-15-7-6-8-16(2)21(15)26-22(28)18-9-4-5-10-19(18)24-23(26)30-14-20(27)25-11-12-29-17(3)13-25/h4-10,17H,11-14H2,1-3H3. The first-order valence-corrected chi connectivity index (χ1v) is 11.0. The van der Waals surface area contributed by atoms with Crippen LogP contribution >= 0.6 is 11.8 Å². The highest BCUT2D eigenvalue weighted by molar-refractivity contribution is 7.99. The molecule has 0 radical (unpaired) electrons. The fraction of sp³-hybridized carbons (Fsp3) is 0.348. The number of para-hydroxylation sites is 2. The van der Waals surface area contributed by atoms with Gasteiger partial charge in [-0.15, -0.1) is 0 Å². The summed E-state index contributed by atoms with van der Waals surface area (Å²) in [5.74, 6) is 0.258. The molecule has 2 heterocycles. The van der Waals surface area contributed by atoms with Crippen molar-refractivity contribution in [2.45, 2.75) is 32.0 Å². The summed E-state index contributed by atoms with van der Waals surface area (Å²) in [5.41, 5.74) is 3.33. The monoisotopic (exact) mass is 423 g/mol. The van der Waals surface area contributed by atoms with Gasteiger partial charge >= 0.3 is 0 Å². The molecule has 0 N–H and O–H groups in total. The van der Waals surface area contributed by atoms with Crippen LogP contribution in [0.25, 0.3) is 16.6 Å². The number of ether oxygens (including phenoxy) is 1. The van der Waals surface area contributed by atoms with Crippen molar-refractivity contribution in [3.8, 4) is 5.69 Å². The first kappa shape index (κ1) is 20.6. The number of amides is 1. The van der Waals surface area contributed by atoms with Gasteiger partial charge in [0.1, 0.15) is 0 Å². The van der Waals surface area contributed by atoms with Crippen LogP contribution in [0.5, 0.6) is 0 Å². The molecule has 156 valence electrons. The number of carbonyl (C=O) groups is 1. The number of thioether (sulfide) groups is 1. The van der Waals surface area contributed by atoms with Gasteiger partial charge in [-0.1, -0.05) is 42.1 Å². The second kappa shape index (κ2) is 8.62. The highest BCUT2D eigenvalue weighted by Gasteiger charge is 2.23. The van der Waals surface area contributed by atoms with Crippen molar-refractivity contribution in [3.05, 3.63) is 63.9 Å². The summed E-state index contributed by atoms with van der Waals surface area (Å²) in [4.78, 5) is 32.8. The Hall–Kier alpha value is -2.64. The van der Waals surface area contributed by atoms with E-state index in [-0.39, 0.29) is 23.3 Å². The first-order valence-electron chi connectivity index (χ1n) is 10.1. The fourth-order valence-electron chi connectivity index (χ4n) is 3.83. The fourth-order valence-corrected chi connectivity index (χ4v) is 4.73. The van der Waals surface area contributed by atoms with Gasteiger partial charge in [0.15, 0.2) is 5.16 Å². The van der Waals surface area contributed by atoms with Crippen LogP contribution in [0.15, 0.2) is 52.4 Å². The third kappa shape index (κ3) is 4.00. The van der Waals surface area contributed by atoms with E-state index in [4.69, 9.17) is 9.72 Å². The second-order valence-corrected chi connectivity index (χ2v) is 8.54. The van der Waals surface area contributed by atoms with Crippen LogP contribution in [0.1, 0.15) is 18.1 Å². The average Bonchev–Trinajstić information content (AvgIpc) is 2.73. The predicted molar refractivity (Wildman–Crippen MR) is 120 cm³/mol. The maximum Gasteiger partial charge on any atom is 0.266 e. The second-order valence-electron chi connectivity index (χ2n) is 7.60. The Morgan fingerprint density at radius 1 is 1.17 bits per heavy atom. The van der Waals surface area contributed by atoms with Crippen molar-refractivity contribution >= 4 is 28.6 Å². The van der Waals surface area contributed by atoms with E-state index < -0.39 is 0 Å². The highest BCUT2D eigenvalue weighted by Crippen LogP contribution is 2.25. The number of hydrogen-bond acceptors (Lipinski definition) is 5. The molecule has 0 aliphatic carbocycles. The average molecular weight is 424 g/mol. The molecule has 2 aromatic carbocycles. The van der Waals surface area contributed by atoms with Crippen LogP contribution in [-0.4, -0.2) is 51.9 Å². The maximum absolute atomic E-state index is 13.4. The molecule has 1 atom stereocenters. The molecule has 30 heavy (non-hydrogen) atoms. The number of carbonyl (C=O) groups excluding carboxylic acids is 1. The van der Waals surface area contributed by atoms with E-state index in [0.717, 1.165) is 16.8 Å². The molecule has 0 bridgehead atoms. The van der Waals surface area contributed by atoms with Gasteiger partial charge in [0.05, 0.1) is 35.1 Å². The maximum atomic E-state index is 13.4. The third-order valence-corrected chi connectivity index (χ3v) is 6.25. The number of aryl methyl sites for hydroxylation is 2. The molecule has 3 aromatic rings. The molecule has 6 nitrogen and oxygen atoms in total. The lowest BCUT2D eigenvalue weighted by Crippen LogP contribution is -2.45. The zero-order chi connectivity index (χ0) is 21.3. The van der Waals surface area contributed by atoms with Gasteiger partial charge in [0.25, 0.3) is 5.56 Å². The number of aromatic nitrogens is 2. The Balaban J connectivity index is 1.75. The van der Waals surface area contributed by atoms with E-state index in [1.54, 1.807) is 10.6 Å². The van der Waals surface area contributed by atoms with Gasteiger partial charge in [-0.2, -0.15) is 0 Å². The molecule has 7 heteroatoms. The Morgan fingerprint density at radius 3 is 2.63 bits per heavy atom. The van der Waals surface area contributed by atoms with Gasteiger partial charge in [0.2, 0.25) is 5.91 Å². The number of nitrogens with zero attached hydrogens (tertiary/aromatic N) is 3. The largest absolute Gasteiger partial charge is 0.375 e. The molecule has 1 saturated heterocycles. The van der Waals surface area contributed by atoms with Crippen LogP contribution in [-0.2, 0) is 9.53 Å². The van der Waals surface area contributed by atoms with E-state index >= 15 is 0 Å². The number of rotatable bonds is 4. The van der Waals surface area contributed by atoms with Gasteiger partial charge < -0.3 is 9.64 Å². The number of fused-ring (bicyclic) bond motifs is 1. The summed E-state index contributed by atoms with van der Waals surface area (Å²) in [6, 6.07) is 13.3. The summed E-state index contributed by atoms with van der Waals surface area (Å²) in [7, 11) is 0. The Bertz CT molecular complexity index is 1140. The minimum Gasteiger partial charge on any atom is -0.375 e. The molecule has 4 rings (SSSR count). The van der Waals surface area contributed by atoms with Gasteiger partial charge in [0, 0.05) is 13.1 Å². The normalized spacial score (nSPS) is 16.8. The van der Waals surface area contributed by atoms with Crippen molar-refractivity contribution in [3.63, 3.8) is 0 Å². The molecule has 1 unspecified atom stereocenters. The van der Waals surface area contributed by atoms with Crippen LogP contribution in [0.3, 0.4) is 0 Å². The minimum atomic E-state index is -0.118. The summed E-state index contributed by atoms with van der Waals surface area (Å²) in [5, 5.41) is 1.10. The quantitative estimate of drug-likeness (QED) is 0.476. The summed E-state index contributed by atoms with van der Waals surface area (Å²) >= 11 is 1.31. The Labute approximate surface area is 179 Å². The van der Waals surface area contributed by atoms with Crippen LogP contribution in [0.4, 0.5) is 0 Å². The molecule has 0 saturated carbocycles. The number of morpholine rings is 1. The zero-order valence-electron chi connectivity index (χ0n) is 17.4. The zero-order valence-corrected chi connectivity index (χ0v) is 18.2. The lowest BCUT2D eigenvalue weighted by Gasteiger charge is -2.31. The summed E-state index contributed by atoms with van der Waals surface area (Å²) < 4.78 is 7.19. The lowest BCUT2D eigenvalue weighted by atomic mass is 10.1. The molecule has 1 aliphatic rings. The van der Waals surface area contributed by atoms with Crippen molar-refractivity contribution in [1.29, 1.82) is 0 Å².